The number of aromatic nitrogens is 1. The van der Waals surface area contributed by atoms with Gasteiger partial charge in [-0.25, -0.2) is 9.78 Å². The van der Waals surface area contributed by atoms with E-state index < -0.39 is 0 Å². The summed E-state index contributed by atoms with van der Waals surface area (Å²) in [7, 11) is 1.68. The third kappa shape index (κ3) is 5.81. The fourth-order valence-electron chi connectivity index (χ4n) is 4.36. The lowest BCUT2D eigenvalue weighted by molar-refractivity contribution is 0.234. The maximum Gasteiger partial charge on any atom is 0.315 e. The van der Waals surface area contributed by atoms with Crippen LogP contribution in [0.3, 0.4) is 0 Å². The summed E-state index contributed by atoms with van der Waals surface area (Å²) in [4.78, 5) is 21.6. The smallest absolute Gasteiger partial charge is 0.315 e. The summed E-state index contributed by atoms with van der Waals surface area (Å²) in [6, 6.07) is 12.3. The van der Waals surface area contributed by atoms with E-state index in [4.69, 9.17) is 4.74 Å². The molecule has 2 saturated heterocycles. The molecule has 2 aliphatic heterocycles. The van der Waals surface area contributed by atoms with Gasteiger partial charge in [0.2, 0.25) is 0 Å². The first-order chi connectivity index (χ1) is 15.2. The molecule has 0 saturated carbocycles. The van der Waals surface area contributed by atoms with Crippen molar-refractivity contribution in [3.63, 3.8) is 0 Å². The van der Waals surface area contributed by atoms with Crippen LogP contribution in [0, 0.1) is 0 Å². The number of benzene rings is 1. The molecule has 4 rings (SSSR count). The highest BCUT2D eigenvalue weighted by Crippen LogP contribution is 2.23. The van der Waals surface area contributed by atoms with Crippen molar-refractivity contribution in [1.82, 2.24) is 15.6 Å². The lowest BCUT2D eigenvalue weighted by Gasteiger charge is -2.34. The fourth-order valence-corrected chi connectivity index (χ4v) is 4.36. The molecule has 2 amide bonds. The van der Waals surface area contributed by atoms with E-state index in [9.17, 15) is 4.79 Å². The van der Waals surface area contributed by atoms with Gasteiger partial charge in [0.15, 0.2) is 0 Å². The average molecular weight is 424 g/mol. The zero-order valence-electron chi connectivity index (χ0n) is 18.3. The number of ether oxygens (including phenoxy) is 1. The SMILES string of the molecule is COc1ccc(N2CCC(NC(=O)NCc3ccnc(N4CCCCC4)c3)CC2)cc1. The number of piperidine rings is 2. The second-order valence-corrected chi connectivity index (χ2v) is 8.36. The number of nitrogens with one attached hydrogen (secondary N) is 2. The van der Waals surface area contributed by atoms with Gasteiger partial charge >= 0.3 is 6.03 Å². The molecule has 0 unspecified atom stereocenters. The van der Waals surface area contributed by atoms with Gasteiger partial charge in [0.25, 0.3) is 0 Å². The van der Waals surface area contributed by atoms with Crippen LogP contribution in [0.5, 0.6) is 5.75 Å². The summed E-state index contributed by atoms with van der Waals surface area (Å²) >= 11 is 0. The van der Waals surface area contributed by atoms with Gasteiger partial charge in [0.1, 0.15) is 11.6 Å². The third-order valence-electron chi connectivity index (χ3n) is 6.21. The molecule has 0 atom stereocenters. The van der Waals surface area contributed by atoms with Gasteiger partial charge in [-0.2, -0.15) is 0 Å². The van der Waals surface area contributed by atoms with Crippen molar-refractivity contribution in [2.75, 3.05) is 43.1 Å². The highest BCUT2D eigenvalue weighted by Gasteiger charge is 2.21. The summed E-state index contributed by atoms with van der Waals surface area (Å²) in [5.74, 6) is 1.89. The van der Waals surface area contributed by atoms with Crippen molar-refractivity contribution < 1.29 is 9.53 Å². The Labute approximate surface area is 184 Å². The maximum atomic E-state index is 12.4. The lowest BCUT2D eigenvalue weighted by atomic mass is 10.0. The summed E-state index contributed by atoms with van der Waals surface area (Å²) in [5.41, 5.74) is 2.28. The highest BCUT2D eigenvalue weighted by molar-refractivity contribution is 5.74. The standard InChI is InChI=1S/C24H33N5O2/c1-31-22-7-5-21(6-8-22)28-15-10-20(11-16-28)27-24(30)26-18-19-9-12-25-23(17-19)29-13-3-2-4-14-29/h5-9,12,17,20H,2-4,10-11,13-16,18H2,1H3,(H2,26,27,30). The lowest BCUT2D eigenvalue weighted by Crippen LogP contribution is -2.47. The molecular formula is C24H33N5O2. The van der Waals surface area contributed by atoms with Crippen molar-refractivity contribution in [1.29, 1.82) is 0 Å². The van der Waals surface area contributed by atoms with Crippen LogP contribution in [0.4, 0.5) is 16.3 Å². The van der Waals surface area contributed by atoms with Gasteiger partial charge in [0.05, 0.1) is 7.11 Å². The fraction of sp³-hybridized carbons (Fsp3) is 0.500. The predicted molar refractivity (Wildman–Crippen MR) is 124 cm³/mol. The van der Waals surface area contributed by atoms with Crippen LogP contribution >= 0.6 is 0 Å². The first-order valence-electron chi connectivity index (χ1n) is 11.3. The van der Waals surface area contributed by atoms with Gasteiger partial charge in [-0.3, -0.25) is 0 Å². The summed E-state index contributed by atoms with van der Waals surface area (Å²) in [5, 5.41) is 6.14. The van der Waals surface area contributed by atoms with E-state index in [1.54, 1.807) is 7.11 Å². The summed E-state index contributed by atoms with van der Waals surface area (Å²) in [6.07, 6.45) is 7.47. The number of urea groups is 1. The molecule has 0 aliphatic carbocycles. The normalized spacial score (nSPS) is 17.3. The number of nitrogens with zero attached hydrogens (tertiary/aromatic N) is 3. The molecular weight excluding hydrogens is 390 g/mol. The Balaban J connectivity index is 1.21. The van der Waals surface area contributed by atoms with Crippen LogP contribution < -0.4 is 25.2 Å². The largest absolute Gasteiger partial charge is 0.497 e. The number of hydrogen-bond acceptors (Lipinski definition) is 5. The Hall–Kier alpha value is -2.96. The zero-order chi connectivity index (χ0) is 21.5. The molecule has 166 valence electrons. The third-order valence-corrected chi connectivity index (χ3v) is 6.21. The van der Waals surface area contributed by atoms with Crippen LogP contribution in [-0.4, -0.2) is 50.3 Å². The van der Waals surface area contributed by atoms with Crippen molar-refractivity contribution in [3.05, 3.63) is 48.2 Å². The Kier molecular flexibility index (Phi) is 7.12. The van der Waals surface area contributed by atoms with Crippen LogP contribution in [0.2, 0.25) is 0 Å². The van der Waals surface area contributed by atoms with E-state index in [0.717, 1.165) is 56.2 Å². The Morgan fingerprint density at radius 1 is 1.03 bits per heavy atom. The zero-order valence-corrected chi connectivity index (χ0v) is 18.3. The summed E-state index contributed by atoms with van der Waals surface area (Å²) in [6.45, 7) is 4.51. The number of anilines is 2. The van der Waals surface area contributed by atoms with Crippen molar-refractivity contribution in [3.8, 4) is 5.75 Å². The minimum absolute atomic E-state index is 0.0979. The van der Waals surface area contributed by atoms with Crippen LogP contribution in [-0.2, 0) is 6.54 Å². The predicted octanol–water partition coefficient (Wildman–Crippen LogP) is 3.55. The highest BCUT2D eigenvalue weighted by atomic mass is 16.5. The van der Waals surface area contributed by atoms with Gasteiger partial charge < -0.3 is 25.2 Å². The van der Waals surface area contributed by atoms with Crippen LogP contribution in [0.1, 0.15) is 37.7 Å². The molecule has 2 fully saturated rings. The van der Waals surface area contributed by atoms with Crippen LogP contribution in [0.15, 0.2) is 42.6 Å². The monoisotopic (exact) mass is 423 g/mol. The molecule has 0 bridgehead atoms. The maximum absolute atomic E-state index is 12.4. The Morgan fingerprint density at radius 2 is 1.77 bits per heavy atom. The van der Waals surface area contributed by atoms with E-state index >= 15 is 0 Å². The molecule has 0 spiro atoms. The molecule has 0 radical (unpaired) electrons. The average Bonchev–Trinajstić information content (AvgIpc) is 2.84. The van der Waals surface area contributed by atoms with Gasteiger partial charge in [0, 0.05) is 50.6 Å². The Morgan fingerprint density at radius 3 is 2.48 bits per heavy atom. The first kappa shape index (κ1) is 21.3. The number of hydrogen-bond donors (Lipinski definition) is 2. The number of carbonyl (C=O) groups excluding carboxylic acids is 1. The van der Waals surface area contributed by atoms with Crippen molar-refractivity contribution in [2.45, 2.75) is 44.7 Å². The van der Waals surface area contributed by atoms with E-state index in [1.807, 2.05) is 24.4 Å². The first-order valence-corrected chi connectivity index (χ1v) is 11.3. The molecule has 31 heavy (non-hydrogen) atoms. The summed E-state index contributed by atoms with van der Waals surface area (Å²) < 4.78 is 5.23. The molecule has 2 aromatic rings. The van der Waals surface area contributed by atoms with E-state index in [-0.39, 0.29) is 12.1 Å². The number of methoxy groups -OCH3 is 1. The minimum atomic E-state index is -0.0979. The number of carbonyl (C=O) groups is 1. The molecule has 1 aromatic heterocycles. The topological polar surface area (TPSA) is 69.7 Å². The number of amides is 2. The van der Waals surface area contributed by atoms with Gasteiger partial charge in [-0.15, -0.1) is 0 Å². The van der Waals surface area contributed by atoms with E-state index in [0.29, 0.717) is 6.54 Å². The quantitative estimate of drug-likeness (QED) is 0.744. The molecule has 1 aromatic carbocycles. The second-order valence-electron chi connectivity index (χ2n) is 8.36. The molecule has 3 heterocycles. The van der Waals surface area contributed by atoms with Gasteiger partial charge in [-0.1, -0.05) is 0 Å². The molecule has 7 nitrogen and oxygen atoms in total. The number of rotatable bonds is 6. The van der Waals surface area contributed by atoms with E-state index in [2.05, 4.69) is 43.6 Å². The number of pyridine rings is 1. The molecule has 7 heteroatoms. The van der Waals surface area contributed by atoms with Crippen molar-refractivity contribution in [2.24, 2.45) is 0 Å². The van der Waals surface area contributed by atoms with Crippen LogP contribution in [0.25, 0.3) is 0 Å². The van der Waals surface area contributed by atoms with Crippen molar-refractivity contribution >= 4 is 17.5 Å². The van der Waals surface area contributed by atoms with Gasteiger partial charge in [-0.05, 0) is 74.1 Å². The Bertz CT molecular complexity index is 843. The molecule has 2 N–H and O–H groups in total. The van der Waals surface area contributed by atoms with E-state index in [1.165, 1.54) is 24.9 Å². The molecule has 2 aliphatic rings. The second kappa shape index (κ2) is 10.4. The minimum Gasteiger partial charge on any atom is -0.497 e.